The summed E-state index contributed by atoms with van der Waals surface area (Å²) < 4.78 is 32.4. The van der Waals surface area contributed by atoms with Crippen molar-refractivity contribution in [2.45, 2.75) is 0 Å². The topological polar surface area (TPSA) is 9.23 Å². The van der Waals surface area contributed by atoms with Crippen LogP contribution in [-0.4, -0.2) is 0 Å². The summed E-state index contributed by atoms with van der Waals surface area (Å²) in [7, 11) is 0. The molecule has 3 aromatic rings. The molecule has 1 aliphatic heterocycles. The van der Waals surface area contributed by atoms with Gasteiger partial charge in [-0.2, -0.15) is 0 Å². The molecule has 3 aromatic carbocycles. The number of allylic oxidation sites excluding steroid dienone is 5. The van der Waals surface area contributed by atoms with E-state index in [4.69, 9.17) is 8.64 Å². The molecule has 2 aliphatic rings. The summed E-state index contributed by atoms with van der Waals surface area (Å²) in [6.07, 6.45) is 2.93. The van der Waals surface area contributed by atoms with Gasteiger partial charge in [-0.05, 0) is 0 Å². The Balaban J connectivity index is 1.99. The molecule has 0 fully saturated rings. The van der Waals surface area contributed by atoms with Gasteiger partial charge in [-0.3, -0.25) is 0 Å². The Morgan fingerprint density at radius 2 is 1.14 bits per heavy atom. The standard InChI is InChI=1S/C26H21OP/c1-5-13-22-21-28(27-26(22)20-12-1,23-14-6-2-7-15-23,24-16-8-3-9-17-24)25-18-10-4-11-19-25/h1-21H/i1D,13D,20D. The quantitative estimate of drug-likeness (QED) is 0.554. The van der Waals surface area contributed by atoms with Crippen molar-refractivity contribution in [1.82, 2.24) is 0 Å². The van der Waals surface area contributed by atoms with Crippen LogP contribution in [0, 0.1) is 0 Å². The first-order valence-electron chi connectivity index (χ1n) is 10.7. The molecule has 0 atom stereocenters. The van der Waals surface area contributed by atoms with Gasteiger partial charge in [-0.15, -0.1) is 0 Å². The molecule has 0 saturated heterocycles. The molecule has 28 heavy (non-hydrogen) atoms. The normalized spacial score (nSPS) is 22.5. The van der Waals surface area contributed by atoms with Crippen molar-refractivity contribution in [1.29, 1.82) is 0 Å². The van der Waals surface area contributed by atoms with Crippen molar-refractivity contribution in [3.05, 3.63) is 138 Å². The van der Waals surface area contributed by atoms with E-state index < -0.39 is 6.83 Å². The fraction of sp³-hybridized carbons (Fsp3) is 0. The van der Waals surface area contributed by atoms with Crippen molar-refractivity contribution < 1.29 is 8.64 Å². The van der Waals surface area contributed by atoms with E-state index in [2.05, 4.69) is 42.2 Å². The summed E-state index contributed by atoms with van der Waals surface area (Å²) >= 11 is 0. The van der Waals surface area contributed by atoms with E-state index in [1.165, 1.54) is 12.2 Å². The first kappa shape index (κ1) is 13.9. The zero-order chi connectivity index (χ0) is 21.5. The molecule has 1 heterocycles. The summed E-state index contributed by atoms with van der Waals surface area (Å²) in [4.78, 5) is 0. The van der Waals surface area contributed by atoms with Gasteiger partial charge in [-0.25, -0.2) is 0 Å². The van der Waals surface area contributed by atoms with Crippen LogP contribution in [0.25, 0.3) is 0 Å². The Hall–Kier alpha value is -3.15. The van der Waals surface area contributed by atoms with Crippen LogP contribution in [0.5, 0.6) is 0 Å². The van der Waals surface area contributed by atoms with E-state index >= 15 is 0 Å². The van der Waals surface area contributed by atoms with Crippen molar-refractivity contribution in [3.63, 3.8) is 0 Å². The summed E-state index contributed by atoms with van der Waals surface area (Å²) in [5.41, 5.74) is 0.567. The van der Waals surface area contributed by atoms with Crippen LogP contribution < -0.4 is 15.9 Å². The fourth-order valence-electron chi connectivity index (χ4n) is 4.05. The van der Waals surface area contributed by atoms with Crippen molar-refractivity contribution in [2.75, 3.05) is 0 Å². The number of hydrogen-bond acceptors (Lipinski definition) is 1. The van der Waals surface area contributed by atoms with E-state index in [-0.39, 0.29) is 18.2 Å². The second kappa shape index (κ2) is 6.48. The van der Waals surface area contributed by atoms with Gasteiger partial charge in [0.15, 0.2) is 0 Å². The maximum atomic E-state index is 8.67. The van der Waals surface area contributed by atoms with Gasteiger partial charge in [0.25, 0.3) is 0 Å². The predicted octanol–water partition coefficient (Wildman–Crippen LogP) is 5.36. The fourth-order valence-corrected chi connectivity index (χ4v) is 9.26. The molecule has 5 rings (SSSR count). The summed E-state index contributed by atoms with van der Waals surface area (Å²) in [5, 5.41) is 3.03. The van der Waals surface area contributed by atoms with Crippen molar-refractivity contribution in [2.24, 2.45) is 0 Å². The molecule has 0 N–H and O–H groups in total. The van der Waals surface area contributed by atoms with E-state index in [9.17, 15) is 0 Å². The van der Waals surface area contributed by atoms with Gasteiger partial charge >= 0.3 is 170 Å². The van der Waals surface area contributed by atoms with Crippen LogP contribution in [-0.2, 0) is 4.52 Å². The van der Waals surface area contributed by atoms with E-state index in [1.807, 2.05) is 54.6 Å². The molecule has 2 heteroatoms. The van der Waals surface area contributed by atoms with Gasteiger partial charge < -0.3 is 0 Å². The molecular weight excluding hydrogens is 359 g/mol. The van der Waals surface area contributed by atoms with Crippen LogP contribution in [0.2, 0.25) is 0 Å². The first-order valence-corrected chi connectivity index (χ1v) is 11.5. The summed E-state index contributed by atoms with van der Waals surface area (Å²) in [5.74, 6) is 2.44. The summed E-state index contributed by atoms with van der Waals surface area (Å²) in [6, 6.07) is 30.8. The molecule has 136 valence electrons. The van der Waals surface area contributed by atoms with Crippen LogP contribution in [0.1, 0.15) is 4.11 Å². The molecule has 1 nitrogen and oxygen atoms in total. The Labute approximate surface area is 170 Å². The average molecular weight is 383 g/mol. The zero-order valence-electron chi connectivity index (χ0n) is 18.2. The first-order chi connectivity index (χ1) is 15.0. The molecule has 0 spiro atoms. The monoisotopic (exact) mass is 383 g/mol. The number of fused-ring (bicyclic) bond motifs is 1. The van der Waals surface area contributed by atoms with Crippen molar-refractivity contribution >= 4 is 22.7 Å². The third-order valence-electron chi connectivity index (χ3n) is 5.31. The summed E-state index contributed by atoms with van der Waals surface area (Å²) in [6.45, 7) is -3.68. The van der Waals surface area contributed by atoms with Crippen LogP contribution >= 0.6 is 6.83 Å². The van der Waals surface area contributed by atoms with Crippen LogP contribution in [0.4, 0.5) is 0 Å². The Morgan fingerprint density at radius 1 is 0.643 bits per heavy atom. The minimum atomic E-state index is -3.68. The van der Waals surface area contributed by atoms with E-state index in [0.29, 0.717) is 11.3 Å². The van der Waals surface area contributed by atoms with Gasteiger partial charge in [0.2, 0.25) is 0 Å². The second-order valence-electron chi connectivity index (χ2n) is 6.82. The maximum absolute atomic E-state index is 8.67. The van der Waals surface area contributed by atoms with E-state index in [0.717, 1.165) is 15.9 Å². The Morgan fingerprint density at radius 3 is 1.64 bits per heavy atom. The number of hydrogen-bond donors (Lipinski definition) is 0. The van der Waals surface area contributed by atoms with Crippen LogP contribution in [0.15, 0.2) is 138 Å². The van der Waals surface area contributed by atoms with Gasteiger partial charge in [0.05, 0.1) is 0 Å². The van der Waals surface area contributed by atoms with Gasteiger partial charge in [0, 0.05) is 0 Å². The molecule has 0 radical (unpaired) electrons. The molecule has 0 saturated carbocycles. The third-order valence-corrected chi connectivity index (χ3v) is 10.6. The average Bonchev–Trinajstić information content (AvgIpc) is 3.17. The van der Waals surface area contributed by atoms with E-state index in [1.54, 1.807) is 0 Å². The Kier molecular flexibility index (Phi) is 3.22. The molecule has 1 aliphatic carbocycles. The zero-order valence-corrected chi connectivity index (χ0v) is 16.1. The second-order valence-corrected chi connectivity index (χ2v) is 11.0. The van der Waals surface area contributed by atoms with Gasteiger partial charge in [-0.1, -0.05) is 0 Å². The minimum absolute atomic E-state index is 0.115. The molecule has 0 unspecified atom stereocenters. The molecular formula is C26H21OP. The van der Waals surface area contributed by atoms with Crippen molar-refractivity contribution in [3.8, 4) is 0 Å². The Bertz CT molecular complexity index is 1180. The predicted molar refractivity (Wildman–Crippen MR) is 121 cm³/mol. The molecule has 0 aromatic heterocycles. The number of rotatable bonds is 3. The van der Waals surface area contributed by atoms with Gasteiger partial charge in [0.1, 0.15) is 0 Å². The third kappa shape index (κ3) is 2.30. The SMILES string of the molecule is [2H]C1=CC([2H])=C2OP(c3ccccc3)(c3ccccc3)(c3ccccc3)C=C2C([2H])=C1. The molecule has 0 amide bonds. The number of benzene rings is 3. The van der Waals surface area contributed by atoms with Crippen LogP contribution in [0.3, 0.4) is 0 Å². The molecule has 0 bridgehead atoms.